The van der Waals surface area contributed by atoms with Crippen LogP contribution >= 0.6 is 0 Å². The molecule has 0 bridgehead atoms. The van der Waals surface area contributed by atoms with Crippen LogP contribution in [0.2, 0.25) is 0 Å². The smallest absolute Gasteiger partial charge is 0.308 e. The third-order valence-corrected chi connectivity index (χ3v) is 5.33. The van der Waals surface area contributed by atoms with Gasteiger partial charge in [-0.05, 0) is 33.6 Å². The van der Waals surface area contributed by atoms with E-state index in [2.05, 4.69) is 6.92 Å². The van der Waals surface area contributed by atoms with Crippen molar-refractivity contribution in [2.24, 2.45) is 16.9 Å². The minimum atomic E-state index is -1.09. The maximum absolute atomic E-state index is 11.9. The summed E-state index contributed by atoms with van der Waals surface area (Å²) in [6.07, 6.45) is 19.1. The number of nitrogens with two attached hydrogens (primary N) is 2. The van der Waals surface area contributed by atoms with Gasteiger partial charge in [-0.2, -0.15) is 0 Å². The fourth-order valence-electron chi connectivity index (χ4n) is 3.09. The molecule has 0 unspecified atom stereocenters. The average molecular weight is 429 g/mol. The van der Waals surface area contributed by atoms with Crippen molar-refractivity contribution in [2.45, 2.75) is 143 Å². The van der Waals surface area contributed by atoms with Crippen LogP contribution in [0.25, 0.3) is 0 Å². The molecule has 30 heavy (non-hydrogen) atoms. The Hall–Kier alpha value is -0.940. The molecule has 5 nitrogen and oxygen atoms in total. The van der Waals surface area contributed by atoms with E-state index in [1.54, 1.807) is 20.8 Å². The fourth-order valence-corrected chi connectivity index (χ4v) is 3.09. The molecule has 0 amide bonds. The maximum Gasteiger partial charge on any atom is 0.308 e. The molecule has 5 N–H and O–H groups in total. The first-order valence-corrected chi connectivity index (χ1v) is 12.3. The highest BCUT2D eigenvalue weighted by Crippen LogP contribution is 2.14. The molecule has 5 heteroatoms. The van der Waals surface area contributed by atoms with Crippen LogP contribution in [-0.2, 0) is 9.59 Å². The number of carboxylic acid groups (broad SMARTS) is 1. The predicted octanol–water partition coefficient (Wildman–Crippen LogP) is 6.57. The Labute approximate surface area is 186 Å². The summed E-state index contributed by atoms with van der Waals surface area (Å²) in [5, 5.41) is 8.25. The SMILES string of the molecule is CC(C)(C)C(=O)O.CCCCCCCCCCCCCCCC(=O)C(N)(N)CCC. The number of carbonyl (C=O) groups is 2. The van der Waals surface area contributed by atoms with Crippen molar-refractivity contribution in [3.8, 4) is 0 Å². The number of aliphatic carboxylic acids is 1. The van der Waals surface area contributed by atoms with Gasteiger partial charge in [-0.3, -0.25) is 9.59 Å². The van der Waals surface area contributed by atoms with Crippen molar-refractivity contribution in [1.82, 2.24) is 0 Å². The number of carbonyl (C=O) groups excluding carboxylic acids is 1. The van der Waals surface area contributed by atoms with Crippen LogP contribution in [0.15, 0.2) is 0 Å². The summed E-state index contributed by atoms with van der Waals surface area (Å²) in [6, 6.07) is 0. The van der Waals surface area contributed by atoms with E-state index in [1.807, 2.05) is 6.92 Å². The number of Topliss-reactive ketones (excluding diaryl/α,β-unsaturated/α-hetero) is 1. The molecular formula is C25H52N2O3. The van der Waals surface area contributed by atoms with Crippen molar-refractivity contribution in [2.75, 3.05) is 0 Å². The summed E-state index contributed by atoms with van der Waals surface area (Å²) in [7, 11) is 0. The standard InChI is InChI=1S/C20H42N2O.C5H10O2/c1-3-5-6-7-8-9-10-11-12-13-14-15-16-17-19(23)20(21,22)18-4-2;1-5(2,3)4(6)7/h3-18,21-22H2,1-2H3;1-3H3,(H,6,7). The molecule has 0 aromatic heterocycles. The molecule has 0 saturated heterocycles. The molecule has 0 aliphatic heterocycles. The van der Waals surface area contributed by atoms with Gasteiger partial charge in [0, 0.05) is 6.42 Å². The van der Waals surface area contributed by atoms with Crippen molar-refractivity contribution in [3.63, 3.8) is 0 Å². The zero-order chi connectivity index (χ0) is 23.5. The second-order valence-electron chi connectivity index (χ2n) is 9.76. The Morgan fingerprint density at radius 2 is 1.00 bits per heavy atom. The maximum atomic E-state index is 11.9. The molecule has 0 spiro atoms. The van der Waals surface area contributed by atoms with Crippen LogP contribution in [0, 0.1) is 5.41 Å². The van der Waals surface area contributed by atoms with Gasteiger partial charge in [0.15, 0.2) is 5.78 Å². The second-order valence-corrected chi connectivity index (χ2v) is 9.76. The van der Waals surface area contributed by atoms with Crippen molar-refractivity contribution in [1.29, 1.82) is 0 Å². The van der Waals surface area contributed by atoms with E-state index >= 15 is 0 Å². The number of carboxylic acids is 1. The quantitative estimate of drug-likeness (QED) is 0.179. The van der Waals surface area contributed by atoms with Gasteiger partial charge in [0.25, 0.3) is 0 Å². The highest BCUT2D eigenvalue weighted by molar-refractivity contribution is 5.87. The summed E-state index contributed by atoms with van der Waals surface area (Å²) in [5.41, 5.74) is 10.0. The first kappa shape index (κ1) is 31.2. The molecule has 0 atom stereocenters. The van der Waals surface area contributed by atoms with Gasteiger partial charge in [-0.1, -0.05) is 97.3 Å². The highest BCUT2D eigenvalue weighted by Gasteiger charge is 2.26. The third kappa shape index (κ3) is 20.3. The van der Waals surface area contributed by atoms with E-state index < -0.39 is 17.0 Å². The van der Waals surface area contributed by atoms with Gasteiger partial charge in [0.05, 0.1) is 5.41 Å². The Morgan fingerprint density at radius 3 is 1.30 bits per heavy atom. The van der Waals surface area contributed by atoms with Crippen LogP contribution < -0.4 is 11.5 Å². The molecule has 0 aromatic carbocycles. The number of hydrogen-bond acceptors (Lipinski definition) is 4. The van der Waals surface area contributed by atoms with Gasteiger partial charge < -0.3 is 16.6 Å². The second kappa shape index (κ2) is 18.8. The molecule has 180 valence electrons. The molecule has 0 aliphatic rings. The van der Waals surface area contributed by atoms with Crippen molar-refractivity contribution >= 4 is 11.8 Å². The lowest BCUT2D eigenvalue weighted by Gasteiger charge is -2.22. The Balaban J connectivity index is 0. The topological polar surface area (TPSA) is 106 Å². The van der Waals surface area contributed by atoms with Crippen molar-refractivity contribution < 1.29 is 14.7 Å². The molecule has 0 radical (unpaired) electrons. The number of rotatable bonds is 17. The third-order valence-electron chi connectivity index (χ3n) is 5.33. The normalized spacial score (nSPS) is 11.7. The van der Waals surface area contributed by atoms with Crippen molar-refractivity contribution in [3.05, 3.63) is 0 Å². The summed E-state index contributed by atoms with van der Waals surface area (Å²) < 4.78 is 0. The van der Waals surface area contributed by atoms with Crippen LogP contribution in [0.4, 0.5) is 0 Å². The molecular weight excluding hydrogens is 376 g/mol. The highest BCUT2D eigenvalue weighted by atomic mass is 16.4. The molecule has 0 heterocycles. The number of unbranched alkanes of at least 4 members (excludes halogenated alkanes) is 12. The Morgan fingerprint density at radius 1 is 0.667 bits per heavy atom. The Bertz CT molecular complexity index is 429. The summed E-state index contributed by atoms with van der Waals surface area (Å²) >= 11 is 0. The monoisotopic (exact) mass is 428 g/mol. The van der Waals surface area contributed by atoms with Crippen LogP contribution in [-0.4, -0.2) is 22.5 Å². The zero-order valence-electron chi connectivity index (χ0n) is 20.7. The van der Waals surface area contributed by atoms with Gasteiger partial charge in [-0.25, -0.2) is 0 Å². The number of hydrogen-bond donors (Lipinski definition) is 3. The van der Waals surface area contributed by atoms with E-state index in [9.17, 15) is 9.59 Å². The zero-order valence-corrected chi connectivity index (χ0v) is 20.7. The molecule has 0 saturated carbocycles. The average Bonchev–Trinajstić information content (AvgIpc) is 2.65. The molecule has 0 rings (SSSR count). The van der Waals surface area contributed by atoms with E-state index in [4.69, 9.17) is 16.6 Å². The molecule has 0 fully saturated rings. The summed E-state index contributed by atoms with van der Waals surface area (Å²) in [5.74, 6) is -0.727. The lowest BCUT2D eigenvalue weighted by molar-refractivity contribution is -0.145. The summed E-state index contributed by atoms with van der Waals surface area (Å²) in [6.45, 7) is 9.26. The van der Waals surface area contributed by atoms with Gasteiger partial charge in [0.2, 0.25) is 0 Å². The number of ketones is 1. The minimum Gasteiger partial charge on any atom is -0.481 e. The van der Waals surface area contributed by atoms with E-state index in [0.717, 1.165) is 19.3 Å². The first-order valence-electron chi connectivity index (χ1n) is 12.3. The lowest BCUT2D eigenvalue weighted by Crippen LogP contribution is -2.56. The van der Waals surface area contributed by atoms with E-state index in [1.165, 1.54) is 70.6 Å². The minimum absolute atomic E-state index is 0.0300. The molecule has 0 aliphatic carbocycles. The van der Waals surface area contributed by atoms with Gasteiger partial charge in [0.1, 0.15) is 5.66 Å². The van der Waals surface area contributed by atoms with Gasteiger partial charge in [-0.15, -0.1) is 0 Å². The molecule has 0 aromatic rings. The first-order chi connectivity index (χ1) is 14.0. The van der Waals surface area contributed by atoms with Gasteiger partial charge >= 0.3 is 5.97 Å². The predicted molar refractivity (Wildman–Crippen MR) is 128 cm³/mol. The summed E-state index contributed by atoms with van der Waals surface area (Å²) in [4.78, 5) is 21.9. The van der Waals surface area contributed by atoms with Crippen LogP contribution in [0.3, 0.4) is 0 Å². The van der Waals surface area contributed by atoms with Crippen LogP contribution in [0.5, 0.6) is 0 Å². The largest absolute Gasteiger partial charge is 0.481 e. The fraction of sp³-hybridized carbons (Fsp3) is 0.920. The van der Waals surface area contributed by atoms with Crippen LogP contribution in [0.1, 0.15) is 137 Å². The lowest BCUT2D eigenvalue weighted by atomic mass is 9.96. The Kier molecular flexibility index (Phi) is 19.6. The van der Waals surface area contributed by atoms with E-state index in [-0.39, 0.29) is 5.78 Å². The van der Waals surface area contributed by atoms with E-state index in [0.29, 0.717) is 12.8 Å².